The van der Waals surface area contributed by atoms with Crippen LogP contribution in [0.4, 0.5) is 4.79 Å². The van der Waals surface area contributed by atoms with Gasteiger partial charge >= 0.3 is 6.03 Å². The van der Waals surface area contributed by atoms with Crippen molar-refractivity contribution in [3.63, 3.8) is 0 Å². The molecule has 8 heteroatoms. The molecule has 0 spiro atoms. The molecule has 1 N–H and O–H groups in total. The minimum atomic E-state index is -0.139. The summed E-state index contributed by atoms with van der Waals surface area (Å²) < 4.78 is 1.64. The SMILES string of the molecule is Cc1nc(C(C)C)sc1[C@@H](C)N(C)C(=O)NCc1ncnn1C. The van der Waals surface area contributed by atoms with Crippen LogP contribution in [-0.2, 0) is 13.6 Å². The van der Waals surface area contributed by atoms with Crippen LogP contribution >= 0.6 is 11.3 Å². The van der Waals surface area contributed by atoms with E-state index >= 15 is 0 Å². The second-order valence-corrected chi connectivity index (χ2v) is 6.96. The Kier molecular flexibility index (Phi) is 5.35. The molecule has 23 heavy (non-hydrogen) atoms. The van der Waals surface area contributed by atoms with Crippen molar-refractivity contribution in [2.24, 2.45) is 7.05 Å². The van der Waals surface area contributed by atoms with Crippen LogP contribution in [0.1, 0.15) is 54.1 Å². The molecule has 2 heterocycles. The van der Waals surface area contributed by atoms with Gasteiger partial charge in [0.05, 0.1) is 23.3 Å². The molecule has 2 aromatic heterocycles. The predicted octanol–water partition coefficient (Wildman–Crippen LogP) is 2.61. The second kappa shape index (κ2) is 7.08. The van der Waals surface area contributed by atoms with Gasteiger partial charge in [-0.2, -0.15) is 5.10 Å². The molecule has 2 amide bonds. The Morgan fingerprint density at radius 3 is 2.65 bits per heavy atom. The summed E-state index contributed by atoms with van der Waals surface area (Å²) in [6, 6.07) is -0.168. The average Bonchev–Trinajstić information content (AvgIpc) is 3.09. The van der Waals surface area contributed by atoms with Gasteiger partial charge in [0.25, 0.3) is 0 Å². The lowest BCUT2D eigenvalue weighted by atomic mass is 10.2. The van der Waals surface area contributed by atoms with Crippen LogP contribution in [0.25, 0.3) is 0 Å². The van der Waals surface area contributed by atoms with Crippen LogP contribution in [0.15, 0.2) is 6.33 Å². The van der Waals surface area contributed by atoms with Gasteiger partial charge in [-0.25, -0.2) is 14.8 Å². The summed E-state index contributed by atoms with van der Waals surface area (Å²) in [5.74, 6) is 1.12. The van der Waals surface area contributed by atoms with E-state index in [0.717, 1.165) is 21.4 Å². The van der Waals surface area contributed by atoms with E-state index in [1.807, 2.05) is 13.8 Å². The number of nitrogens with zero attached hydrogens (tertiary/aromatic N) is 5. The molecule has 0 unspecified atom stereocenters. The third kappa shape index (κ3) is 3.87. The molecule has 0 radical (unpaired) electrons. The summed E-state index contributed by atoms with van der Waals surface area (Å²) in [5, 5.41) is 7.97. The number of hydrogen-bond donors (Lipinski definition) is 1. The fourth-order valence-electron chi connectivity index (χ4n) is 2.18. The molecule has 0 saturated heterocycles. The molecule has 0 fully saturated rings. The van der Waals surface area contributed by atoms with Crippen molar-refractivity contribution in [2.45, 2.75) is 46.2 Å². The van der Waals surface area contributed by atoms with Crippen molar-refractivity contribution in [1.29, 1.82) is 0 Å². The van der Waals surface area contributed by atoms with Crippen molar-refractivity contribution in [3.05, 3.63) is 27.7 Å². The highest BCUT2D eigenvalue weighted by Crippen LogP contribution is 2.31. The van der Waals surface area contributed by atoms with E-state index in [1.54, 1.807) is 35.0 Å². The molecule has 1 atom stereocenters. The summed E-state index contributed by atoms with van der Waals surface area (Å²) in [7, 11) is 3.60. The minimum absolute atomic E-state index is 0.0282. The van der Waals surface area contributed by atoms with Gasteiger partial charge in [-0.3, -0.25) is 4.68 Å². The Hall–Kier alpha value is -1.96. The number of carbonyl (C=O) groups excluding carboxylic acids is 1. The van der Waals surface area contributed by atoms with Gasteiger partial charge in [0, 0.05) is 24.9 Å². The lowest BCUT2D eigenvalue weighted by molar-refractivity contribution is 0.194. The molecule has 0 aromatic carbocycles. The average molecular weight is 336 g/mol. The Bertz CT molecular complexity index is 677. The molecule has 7 nitrogen and oxygen atoms in total. The van der Waals surface area contributed by atoms with E-state index < -0.39 is 0 Å². The van der Waals surface area contributed by atoms with Gasteiger partial charge < -0.3 is 10.2 Å². The quantitative estimate of drug-likeness (QED) is 0.910. The first-order valence-electron chi connectivity index (χ1n) is 7.62. The molecule has 0 saturated carbocycles. The third-order valence-electron chi connectivity index (χ3n) is 3.83. The van der Waals surface area contributed by atoms with Gasteiger partial charge in [0.2, 0.25) is 0 Å². The maximum Gasteiger partial charge on any atom is 0.318 e. The van der Waals surface area contributed by atoms with Gasteiger partial charge in [0.15, 0.2) is 0 Å². The maximum absolute atomic E-state index is 12.4. The first-order chi connectivity index (χ1) is 10.8. The number of aryl methyl sites for hydroxylation is 2. The zero-order chi connectivity index (χ0) is 17.1. The molecule has 0 aliphatic rings. The van der Waals surface area contributed by atoms with Gasteiger partial charge in [0.1, 0.15) is 12.2 Å². The molecule has 126 valence electrons. The summed E-state index contributed by atoms with van der Waals surface area (Å²) >= 11 is 1.68. The van der Waals surface area contributed by atoms with Gasteiger partial charge in [-0.15, -0.1) is 11.3 Å². The van der Waals surface area contributed by atoms with Crippen LogP contribution in [0.5, 0.6) is 0 Å². The summed E-state index contributed by atoms with van der Waals surface area (Å²) in [5.41, 5.74) is 0.999. The number of nitrogens with one attached hydrogen (secondary N) is 1. The van der Waals surface area contributed by atoms with Crippen LogP contribution in [0.3, 0.4) is 0 Å². The van der Waals surface area contributed by atoms with Crippen molar-refractivity contribution in [1.82, 2.24) is 30.0 Å². The standard InChI is InChI=1S/C15H24N6OS/c1-9(2)14-19-10(3)13(23-14)11(4)20(5)15(22)16-7-12-17-8-18-21(12)6/h8-9,11H,7H2,1-6H3,(H,16,22)/t11-/m1/s1. The fourth-order valence-corrected chi connectivity index (χ4v) is 3.34. The fraction of sp³-hybridized carbons (Fsp3) is 0.600. The number of aromatic nitrogens is 4. The molecular formula is C15H24N6OS. The van der Waals surface area contributed by atoms with Crippen molar-refractivity contribution in [2.75, 3.05) is 7.05 Å². The monoisotopic (exact) mass is 336 g/mol. The number of amides is 2. The van der Waals surface area contributed by atoms with E-state index in [-0.39, 0.29) is 12.1 Å². The summed E-state index contributed by atoms with van der Waals surface area (Å²) in [6.07, 6.45) is 1.47. The minimum Gasteiger partial charge on any atom is -0.331 e. The Morgan fingerprint density at radius 1 is 1.43 bits per heavy atom. The Labute approximate surface area is 140 Å². The van der Waals surface area contributed by atoms with Crippen molar-refractivity contribution < 1.29 is 4.79 Å². The number of hydrogen-bond acceptors (Lipinski definition) is 5. The first-order valence-corrected chi connectivity index (χ1v) is 8.43. The summed E-state index contributed by atoms with van der Waals surface area (Å²) in [6.45, 7) is 8.63. The van der Waals surface area contributed by atoms with Crippen LogP contribution in [0.2, 0.25) is 0 Å². The zero-order valence-electron chi connectivity index (χ0n) is 14.5. The number of urea groups is 1. The van der Waals surface area contributed by atoms with E-state index in [9.17, 15) is 4.79 Å². The largest absolute Gasteiger partial charge is 0.331 e. The number of thiazole rings is 1. The maximum atomic E-state index is 12.4. The topological polar surface area (TPSA) is 75.9 Å². The molecular weight excluding hydrogens is 312 g/mol. The van der Waals surface area contributed by atoms with E-state index in [1.165, 1.54) is 6.33 Å². The first kappa shape index (κ1) is 17.4. The predicted molar refractivity (Wildman–Crippen MR) is 90.4 cm³/mol. The number of carbonyl (C=O) groups is 1. The third-order valence-corrected chi connectivity index (χ3v) is 5.45. The van der Waals surface area contributed by atoms with E-state index in [4.69, 9.17) is 0 Å². The molecule has 2 aromatic rings. The highest BCUT2D eigenvalue weighted by atomic mass is 32.1. The Morgan fingerprint density at radius 2 is 2.13 bits per heavy atom. The lowest BCUT2D eigenvalue weighted by Crippen LogP contribution is -2.38. The summed E-state index contributed by atoms with van der Waals surface area (Å²) in [4.78, 5) is 23.9. The molecule has 0 aliphatic heterocycles. The van der Waals surface area contributed by atoms with Gasteiger partial charge in [-0.1, -0.05) is 13.8 Å². The Balaban J connectivity index is 2.02. The molecule has 2 rings (SSSR count). The second-order valence-electron chi connectivity index (χ2n) is 5.90. The normalized spacial score (nSPS) is 12.5. The smallest absolute Gasteiger partial charge is 0.318 e. The highest BCUT2D eigenvalue weighted by Gasteiger charge is 2.22. The van der Waals surface area contributed by atoms with Gasteiger partial charge in [-0.05, 0) is 13.8 Å². The van der Waals surface area contributed by atoms with E-state index in [0.29, 0.717) is 12.5 Å². The molecule has 0 aliphatic carbocycles. The lowest BCUT2D eigenvalue weighted by Gasteiger charge is -2.24. The van der Waals surface area contributed by atoms with E-state index in [2.05, 4.69) is 34.2 Å². The zero-order valence-corrected chi connectivity index (χ0v) is 15.3. The van der Waals surface area contributed by atoms with Crippen LogP contribution < -0.4 is 5.32 Å². The molecule has 0 bridgehead atoms. The van der Waals surface area contributed by atoms with Crippen LogP contribution in [0, 0.1) is 6.92 Å². The van der Waals surface area contributed by atoms with Crippen LogP contribution in [-0.4, -0.2) is 37.7 Å². The number of rotatable bonds is 5. The van der Waals surface area contributed by atoms with Crippen molar-refractivity contribution >= 4 is 17.4 Å². The highest BCUT2D eigenvalue weighted by molar-refractivity contribution is 7.11. The van der Waals surface area contributed by atoms with Crippen molar-refractivity contribution in [3.8, 4) is 0 Å².